The molecule has 0 unspecified atom stereocenters. The third-order valence-electron chi connectivity index (χ3n) is 3.44. The fraction of sp³-hybridized carbons (Fsp3) is 0.235. The molecule has 0 spiro atoms. The Hall–Kier alpha value is -2.81. The number of carbonyl (C=O) groups is 1. The Morgan fingerprint density at radius 2 is 2.08 bits per heavy atom. The minimum Gasteiger partial charge on any atom is -0.479 e. The molecule has 2 aromatic heterocycles. The van der Waals surface area contributed by atoms with E-state index in [-0.39, 0.29) is 24.0 Å². The Bertz CT molecular complexity index is 905. The minimum atomic E-state index is -0.820. The maximum absolute atomic E-state index is 13.5. The van der Waals surface area contributed by atoms with Crippen LogP contribution in [0, 0.1) is 18.6 Å². The van der Waals surface area contributed by atoms with Crippen molar-refractivity contribution in [3.8, 4) is 5.75 Å². The van der Waals surface area contributed by atoms with Gasteiger partial charge < -0.3 is 14.2 Å². The lowest BCUT2D eigenvalue weighted by atomic mass is 10.3. The summed E-state index contributed by atoms with van der Waals surface area (Å²) in [5, 5.41) is 6.40. The standard InChI is InChI=1S/C17H15F2N3O3S/c1-10-9-26-15(20-10)7-22(2)17(23)14-6-11(25-21-14)8-24-16-12(18)4-3-5-13(16)19/h3-6,9H,7-8H2,1-2H3. The van der Waals surface area contributed by atoms with Gasteiger partial charge in [0, 0.05) is 24.2 Å². The predicted octanol–water partition coefficient (Wildman–Crippen LogP) is 3.57. The third-order valence-corrected chi connectivity index (χ3v) is 4.39. The second kappa shape index (κ2) is 7.61. The summed E-state index contributed by atoms with van der Waals surface area (Å²) in [4.78, 5) is 18.1. The quantitative estimate of drug-likeness (QED) is 0.655. The predicted molar refractivity (Wildman–Crippen MR) is 89.8 cm³/mol. The van der Waals surface area contributed by atoms with Crippen LogP contribution < -0.4 is 4.74 Å². The van der Waals surface area contributed by atoms with Crippen LogP contribution in [0.4, 0.5) is 8.78 Å². The van der Waals surface area contributed by atoms with Crippen LogP contribution in [0.3, 0.4) is 0 Å². The highest BCUT2D eigenvalue weighted by Crippen LogP contribution is 2.22. The van der Waals surface area contributed by atoms with E-state index in [2.05, 4.69) is 10.1 Å². The van der Waals surface area contributed by atoms with Crippen molar-refractivity contribution >= 4 is 17.2 Å². The van der Waals surface area contributed by atoms with Crippen molar-refractivity contribution in [1.82, 2.24) is 15.0 Å². The van der Waals surface area contributed by atoms with Crippen molar-refractivity contribution < 1.29 is 22.8 Å². The van der Waals surface area contributed by atoms with Crippen LogP contribution in [0.15, 0.2) is 34.2 Å². The van der Waals surface area contributed by atoms with Gasteiger partial charge in [-0.25, -0.2) is 13.8 Å². The number of benzene rings is 1. The summed E-state index contributed by atoms with van der Waals surface area (Å²) in [5.41, 5.74) is 0.973. The van der Waals surface area contributed by atoms with E-state index in [4.69, 9.17) is 9.26 Å². The average Bonchev–Trinajstić information content (AvgIpc) is 3.23. The summed E-state index contributed by atoms with van der Waals surface area (Å²) in [5.74, 6) is -2.33. The van der Waals surface area contributed by atoms with E-state index in [1.807, 2.05) is 12.3 Å². The van der Waals surface area contributed by atoms with E-state index in [0.717, 1.165) is 22.8 Å². The Labute approximate surface area is 152 Å². The van der Waals surface area contributed by atoms with E-state index in [1.165, 1.54) is 28.4 Å². The fourth-order valence-electron chi connectivity index (χ4n) is 2.19. The normalized spacial score (nSPS) is 10.8. The summed E-state index contributed by atoms with van der Waals surface area (Å²) >= 11 is 1.46. The summed E-state index contributed by atoms with van der Waals surface area (Å²) < 4.78 is 37.1. The Kier molecular flexibility index (Phi) is 5.27. The third kappa shape index (κ3) is 4.05. The molecule has 3 rings (SSSR count). The lowest BCUT2D eigenvalue weighted by Gasteiger charge is -2.13. The van der Waals surface area contributed by atoms with Gasteiger partial charge in [-0.05, 0) is 19.1 Å². The molecule has 0 bridgehead atoms. The van der Waals surface area contributed by atoms with Crippen molar-refractivity contribution in [3.63, 3.8) is 0 Å². The van der Waals surface area contributed by atoms with E-state index in [9.17, 15) is 13.6 Å². The lowest BCUT2D eigenvalue weighted by Crippen LogP contribution is -2.26. The molecule has 9 heteroatoms. The minimum absolute atomic E-state index is 0.0772. The molecule has 0 aliphatic rings. The molecule has 0 N–H and O–H groups in total. The molecular formula is C17H15F2N3O3S. The number of hydrogen-bond donors (Lipinski definition) is 0. The van der Waals surface area contributed by atoms with Gasteiger partial charge in [0.05, 0.1) is 6.54 Å². The highest BCUT2D eigenvalue weighted by Gasteiger charge is 2.19. The number of thiazole rings is 1. The van der Waals surface area contributed by atoms with E-state index >= 15 is 0 Å². The van der Waals surface area contributed by atoms with Crippen LogP contribution >= 0.6 is 11.3 Å². The molecule has 6 nitrogen and oxygen atoms in total. The van der Waals surface area contributed by atoms with Crippen molar-refractivity contribution in [2.45, 2.75) is 20.1 Å². The second-order valence-electron chi connectivity index (χ2n) is 5.56. The molecule has 0 radical (unpaired) electrons. The highest BCUT2D eigenvalue weighted by atomic mass is 32.1. The number of aryl methyl sites for hydroxylation is 1. The second-order valence-corrected chi connectivity index (χ2v) is 6.50. The van der Waals surface area contributed by atoms with Crippen LogP contribution in [-0.4, -0.2) is 28.0 Å². The maximum atomic E-state index is 13.5. The molecule has 1 aromatic carbocycles. The number of rotatable bonds is 6. The molecule has 0 atom stereocenters. The molecular weight excluding hydrogens is 364 g/mol. The van der Waals surface area contributed by atoms with Crippen molar-refractivity contribution in [2.24, 2.45) is 0 Å². The van der Waals surface area contributed by atoms with Crippen LogP contribution in [0.5, 0.6) is 5.75 Å². The largest absolute Gasteiger partial charge is 0.479 e. The molecule has 0 saturated carbocycles. The van der Waals surface area contributed by atoms with Gasteiger partial charge in [-0.15, -0.1) is 11.3 Å². The topological polar surface area (TPSA) is 68.5 Å². The summed E-state index contributed by atoms with van der Waals surface area (Å²) in [6.07, 6.45) is 0. The van der Waals surface area contributed by atoms with Gasteiger partial charge in [0.2, 0.25) is 0 Å². The molecule has 2 heterocycles. The number of para-hydroxylation sites is 1. The smallest absolute Gasteiger partial charge is 0.276 e. The van der Waals surface area contributed by atoms with Gasteiger partial charge in [-0.2, -0.15) is 0 Å². The van der Waals surface area contributed by atoms with Crippen LogP contribution in [0.1, 0.15) is 27.0 Å². The Balaban J connectivity index is 1.62. The number of ether oxygens (including phenoxy) is 1. The zero-order valence-electron chi connectivity index (χ0n) is 14.0. The first-order valence-corrected chi connectivity index (χ1v) is 8.51. The van der Waals surface area contributed by atoms with Gasteiger partial charge in [0.25, 0.3) is 5.91 Å². The zero-order chi connectivity index (χ0) is 18.7. The lowest BCUT2D eigenvalue weighted by molar-refractivity contribution is 0.0774. The first-order chi connectivity index (χ1) is 12.4. The first-order valence-electron chi connectivity index (χ1n) is 7.63. The number of halogens is 2. The van der Waals surface area contributed by atoms with Crippen molar-refractivity contribution in [1.29, 1.82) is 0 Å². The molecule has 1 amide bonds. The fourth-order valence-corrected chi connectivity index (χ4v) is 3.02. The number of amides is 1. The molecule has 0 aliphatic heterocycles. The first kappa shape index (κ1) is 18.0. The van der Waals surface area contributed by atoms with Gasteiger partial charge in [0.1, 0.15) is 11.6 Å². The molecule has 26 heavy (non-hydrogen) atoms. The van der Waals surface area contributed by atoms with E-state index in [1.54, 1.807) is 7.05 Å². The van der Waals surface area contributed by atoms with Gasteiger partial charge in [-0.1, -0.05) is 11.2 Å². The molecule has 136 valence electrons. The number of aromatic nitrogens is 2. The van der Waals surface area contributed by atoms with Gasteiger partial charge in [0.15, 0.2) is 28.8 Å². The summed E-state index contributed by atoms with van der Waals surface area (Å²) in [6, 6.07) is 4.79. The van der Waals surface area contributed by atoms with Crippen molar-refractivity contribution in [3.05, 3.63) is 63.4 Å². The molecule has 0 fully saturated rings. The molecule has 0 aliphatic carbocycles. The van der Waals surface area contributed by atoms with Gasteiger partial charge in [-0.3, -0.25) is 4.79 Å². The monoisotopic (exact) mass is 379 g/mol. The molecule has 0 saturated heterocycles. The zero-order valence-corrected chi connectivity index (χ0v) is 14.8. The molecule has 3 aromatic rings. The maximum Gasteiger partial charge on any atom is 0.276 e. The SMILES string of the molecule is Cc1csc(CN(C)C(=O)c2cc(COc3c(F)cccc3F)on2)n1. The Morgan fingerprint density at radius 1 is 1.35 bits per heavy atom. The van der Waals surface area contributed by atoms with Gasteiger partial charge >= 0.3 is 0 Å². The van der Waals surface area contributed by atoms with E-state index in [0.29, 0.717) is 6.54 Å². The van der Waals surface area contributed by atoms with E-state index < -0.39 is 17.4 Å². The summed E-state index contributed by atoms with van der Waals surface area (Å²) in [7, 11) is 1.62. The number of nitrogens with zero attached hydrogens (tertiary/aromatic N) is 3. The van der Waals surface area contributed by atoms with Crippen molar-refractivity contribution in [2.75, 3.05) is 7.05 Å². The number of carbonyl (C=O) groups excluding carboxylic acids is 1. The summed E-state index contributed by atoms with van der Waals surface area (Å²) in [6.45, 7) is 1.97. The Morgan fingerprint density at radius 3 is 2.73 bits per heavy atom. The highest BCUT2D eigenvalue weighted by molar-refractivity contribution is 7.09. The average molecular weight is 379 g/mol. The van der Waals surface area contributed by atoms with Crippen LogP contribution in [-0.2, 0) is 13.2 Å². The number of hydrogen-bond acceptors (Lipinski definition) is 6. The van der Waals surface area contributed by atoms with Crippen LogP contribution in [0.25, 0.3) is 0 Å². The van der Waals surface area contributed by atoms with Crippen LogP contribution in [0.2, 0.25) is 0 Å².